The van der Waals surface area contributed by atoms with Crippen LogP contribution in [0, 0.1) is 11.8 Å². The van der Waals surface area contributed by atoms with E-state index >= 15 is 0 Å². The Morgan fingerprint density at radius 1 is 1.24 bits per heavy atom. The smallest absolute Gasteiger partial charge is 0.337 e. The van der Waals surface area contributed by atoms with Gasteiger partial charge in [0.15, 0.2) is 5.11 Å². The van der Waals surface area contributed by atoms with Crippen molar-refractivity contribution in [3.63, 3.8) is 0 Å². The highest BCUT2D eigenvalue weighted by Crippen LogP contribution is 2.44. The first-order chi connectivity index (χ1) is 10.2. The quantitative estimate of drug-likeness (QED) is 0.664. The maximum Gasteiger partial charge on any atom is 0.337 e. The van der Waals surface area contributed by atoms with Crippen LogP contribution in [-0.4, -0.2) is 24.2 Å². The largest absolute Gasteiger partial charge is 0.465 e. The highest BCUT2D eigenvalue weighted by atomic mass is 32.1. The zero-order chi connectivity index (χ0) is 14.8. The number of thiocarbonyl (C=S) groups is 1. The number of nitrogens with one attached hydrogen (secondary N) is 2. The normalized spacial score (nSPS) is 26.4. The van der Waals surface area contributed by atoms with Crippen LogP contribution in [0.1, 0.15) is 36.0 Å². The molecule has 0 aliphatic heterocycles. The van der Waals surface area contributed by atoms with Gasteiger partial charge < -0.3 is 15.4 Å². The number of ether oxygens (including phenoxy) is 1. The average Bonchev–Trinajstić information content (AvgIpc) is 3.09. The lowest BCUT2D eigenvalue weighted by molar-refractivity contribution is 0.0601. The highest BCUT2D eigenvalue weighted by Gasteiger charge is 2.39. The summed E-state index contributed by atoms with van der Waals surface area (Å²) in [5, 5.41) is 7.28. The van der Waals surface area contributed by atoms with Crippen LogP contribution in [0.5, 0.6) is 0 Å². The second-order valence-electron chi connectivity index (χ2n) is 5.95. The van der Waals surface area contributed by atoms with Gasteiger partial charge in [0.2, 0.25) is 0 Å². The minimum atomic E-state index is -0.329. The molecule has 2 aliphatic rings. The van der Waals surface area contributed by atoms with E-state index in [1.165, 1.54) is 32.8 Å². The van der Waals surface area contributed by atoms with E-state index in [1.54, 1.807) is 12.1 Å². The molecule has 0 heterocycles. The van der Waals surface area contributed by atoms with Crippen molar-refractivity contribution in [2.24, 2.45) is 11.8 Å². The van der Waals surface area contributed by atoms with Gasteiger partial charge in [0, 0.05) is 11.7 Å². The summed E-state index contributed by atoms with van der Waals surface area (Å²) in [4.78, 5) is 11.4. The molecule has 0 aromatic heterocycles. The number of carbonyl (C=O) groups is 1. The molecule has 2 aliphatic carbocycles. The Balaban J connectivity index is 1.54. The lowest BCUT2D eigenvalue weighted by atomic mass is 9.96. The molecule has 3 atom stereocenters. The van der Waals surface area contributed by atoms with E-state index in [9.17, 15) is 4.79 Å². The van der Waals surface area contributed by atoms with Crippen molar-refractivity contribution < 1.29 is 9.53 Å². The van der Waals surface area contributed by atoms with Gasteiger partial charge in [0.05, 0.1) is 12.7 Å². The molecule has 2 fully saturated rings. The number of methoxy groups -OCH3 is 1. The average molecular weight is 304 g/mol. The number of benzene rings is 1. The fourth-order valence-electron chi connectivity index (χ4n) is 3.56. The van der Waals surface area contributed by atoms with Crippen molar-refractivity contribution in [1.29, 1.82) is 0 Å². The summed E-state index contributed by atoms with van der Waals surface area (Å²) in [6.45, 7) is 0. The van der Waals surface area contributed by atoms with Gasteiger partial charge in [-0.25, -0.2) is 4.79 Å². The van der Waals surface area contributed by atoms with E-state index < -0.39 is 0 Å². The molecule has 2 N–H and O–H groups in total. The van der Waals surface area contributed by atoms with E-state index in [4.69, 9.17) is 12.2 Å². The van der Waals surface area contributed by atoms with Crippen molar-refractivity contribution in [2.45, 2.75) is 31.7 Å². The second kappa shape index (κ2) is 6.02. The molecule has 0 amide bonds. The third-order valence-electron chi connectivity index (χ3n) is 4.62. The van der Waals surface area contributed by atoms with Crippen molar-refractivity contribution in [3.05, 3.63) is 29.8 Å². The van der Waals surface area contributed by atoms with Gasteiger partial charge in [-0.15, -0.1) is 0 Å². The SMILES string of the molecule is COC(=O)c1ccc(NC(=S)N[C@@H]2C[C@@H]3CC[C@@H]2C3)cc1. The summed E-state index contributed by atoms with van der Waals surface area (Å²) >= 11 is 5.38. The summed E-state index contributed by atoms with van der Waals surface area (Å²) in [5.74, 6) is 1.36. The Hall–Kier alpha value is -1.62. The number of carbonyl (C=O) groups excluding carboxylic acids is 1. The molecule has 1 aromatic carbocycles. The van der Waals surface area contributed by atoms with Gasteiger partial charge in [-0.05, 0) is 67.6 Å². The van der Waals surface area contributed by atoms with Crippen LogP contribution in [0.2, 0.25) is 0 Å². The molecule has 3 rings (SSSR count). The standard InChI is InChI=1S/C16H20N2O2S/c1-20-15(19)11-4-6-13(7-5-11)17-16(21)18-14-9-10-2-3-12(14)8-10/h4-7,10,12,14H,2-3,8-9H2,1H3,(H2,17,18,21)/t10-,12-,14-/m1/s1. The number of fused-ring (bicyclic) bond motifs is 2. The predicted molar refractivity (Wildman–Crippen MR) is 86.4 cm³/mol. The van der Waals surface area contributed by atoms with Gasteiger partial charge in [-0.3, -0.25) is 0 Å². The zero-order valence-corrected chi connectivity index (χ0v) is 12.9. The van der Waals surface area contributed by atoms with E-state index in [-0.39, 0.29) is 5.97 Å². The Bertz CT molecular complexity index is 544. The lowest BCUT2D eigenvalue weighted by Gasteiger charge is -2.24. The molecule has 0 spiro atoms. The minimum Gasteiger partial charge on any atom is -0.465 e. The van der Waals surface area contributed by atoms with E-state index in [2.05, 4.69) is 15.4 Å². The van der Waals surface area contributed by atoms with Crippen LogP contribution in [0.15, 0.2) is 24.3 Å². The van der Waals surface area contributed by atoms with Crippen molar-refractivity contribution in [2.75, 3.05) is 12.4 Å². The monoisotopic (exact) mass is 304 g/mol. The predicted octanol–water partition coefficient (Wildman–Crippen LogP) is 2.95. The highest BCUT2D eigenvalue weighted by molar-refractivity contribution is 7.80. The number of hydrogen-bond donors (Lipinski definition) is 2. The van der Waals surface area contributed by atoms with Crippen LogP contribution in [0.3, 0.4) is 0 Å². The Morgan fingerprint density at radius 3 is 2.57 bits per heavy atom. The lowest BCUT2D eigenvalue weighted by Crippen LogP contribution is -2.40. The number of hydrogen-bond acceptors (Lipinski definition) is 3. The summed E-state index contributed by atoms with van der Waals surface area (Å²) in [6, 6.07) is 7.66. The third-order valence-corrected chi connectivity index (χ3v) is 4.84. The van der Waals surface area contributed by atoms with Crippen molar-refractivity contribution >= 4 is 29.0 Å². The number of anilines is 1. The zero-order valence-electron chi connectivity index (χ0n) is 12.1. The van der Waals surface area contributed by atoms with Crippen LogP contribution in [-0.2, 0) is 4.74 Å². The van der Waals surface area contributed by atoms with Crippen molar-refractivity contribution in [3.8, 4) is 0 Å². The Labute approximate surface area is 130 Å². The molecule has 5 heteroatoms. The molecule has 1 aromatic rings. The van der Waals surface area contributed by atoms with Gasteiger partial charge in [-0.2, -0.15) is 0 Å². The third kappa shape index (κ3) is 3.18. The molecule has 0 saturated heterocycles. The Kier molecular flexibility index (Phi) is 4.10. The molecule has 0 unspecified atom stereocenters. The first-order valence-electron chi connectivity index (χ1n) is 7.41. The van der Waals surface area contributed by atoms with E-state index in [0.29, 0.717) is 16.7 Å². The second-order valence-corrected chi connectivity index (χ2v) is 6.36. The molecule has 2 saturated carbocycles. The van der Waals surface area contributed by atoms with Gasteiger partial charge in [0.25, 0.3) is 0 Å². The fraction of sp³-hybridized carbons (Fsp3) is 0.500. The summed E-state index contributed by atoms with van der Waals surface area (Å²) < 4.78 is 4.68. The first-order valence-corrected chi connectivity index (χ1v) is 7.82. The molecular formula is C16H20N2O2S. The Morgan fingerprint density at radius 2 is 2.00 bits per heavy atom. The molecule has 0 radical (unpaired) electrons. The summed E-state index contributed by atoms with van der Waals surface area (Å²) in [7, 11) is 1.38. The van der Waals surface area contributed by atoms with Crippen LogP contribution >= 0.6 is 12.2 Å². The molecule has 21 heavy (non-hydrogen) atoms. The summed E-state index contributed by atoms with van der Waals surface area (Å²) in [6.07, 6.45) is 5.32. The van der Waals surface area contributed by atoms with Gasteiger partial charge in [-0.1, -0.05) is 6.42 Å². The minimum absolute atomic E-state index is 0.329. The van der Waals surface area contributed by atoms with Crippen molar-refractivity contribution in [1.82, 2.24) is 5.32 Å². The maximum absolute atomic E-state index is 11.4. The molecule has 4 nitrogen and oxygen atoms in total. The molecule has 112 valence electrons. The first kappa shape index (κ1) is 14.3. The summed E-state index contributed by atoms with van der Waals surface area (Å²) in [5.41, 5.74) is 1.42. The van der Waals surface area contributed by atoms with Crippen LogP contribution < -0.4 is 10.6 Å². The van der Waals surface area contributed by atoms with Crippen LogP contribution in [0.25, 0.3) is 0 Å². The fourth-order valence-corrected chi connectivity index (χ4v) is 3.83. The topological polar surface area (TPSA) is 50.4 Å². The van der Waals surface area contributed by atoms with Gasteiger partial charge >= 0.3 is 5.97 Å². The van der Waals surface area contributed by atoms with Crippen LogP contribution in [0.4, 0.5) is 5.69 Å². The molecule has 2 bridgehead atoms. The molecular weight excluding hydrogens is 284 g/mol. The van der Waals surface area contributed by atoms with Gasteiger partial charge in [0.1, 0.15) is 0 Å². The van der Waals surface area contributed by atoms with E-state index in [1.807, 2.05) is 12.1 Å². The number of esters is 1. The maximum atomic E-state index is 11.4. The van der Waals surface area contributed by atoms with E-state index in [0.717, 1.165) is 17.5 Å². The number of rotatable bonds is 3.